The van der Waals surface area contributed by atoms with E-state index < -0.39 is 109 Å². The van der Waals surface area contributed by atoms with E-state index in [1.807, 2.05) is 0 Å². The van der Waals surface area contributed by atoms with Crippen molar-refractivity contribution >= 4 is 11.6 Å². The third-order valence-electron chi connectivity index (χ3n) is 3.48. The van der Waals surface area contributed by atoms with Crippen molar-refractivity contribution in [1.29, 1.82) is 0 Å². The minimum atomic E-state index is -3.93. The zero-order valence-electron chi connectivity index (χ0n) is 31.4. The highest BCUT2D eigenvalue weighted by Crippen LogP contribution is 2.34. The van der Waals surface area contributed by atoms with E-state index in [-0.39, 0.29) is 19.4 Å². The van der Waals surface area contributed by atoms with E-state index in [9.17, 15) is 0 Å². The van der Waals surface area contributed by atoms with Gasteiger partial charge in [-0.05, 0) is 62.8 Å². The number of halogens is 1. The second-order valence-corrected chi connectivity index (χ2v) is 5.45. The van der Waals surface area contributed by atoms with Crippen molar-refractivity contribution in [2.45, 2.75) is 37.7 Å². The molecule has 0 radical (unpaired) electrons. The lowest BCUT2D eigenvalue weighted by atomic mass is 9.88. The third-order valence-corrected chi connectivity index (χ3v) is 3.67. The molecule has 2 nitrogen and oxygen atoms in total. The minimum Gasteiger partial charge on any atom is -0.366 e. The molecule has 0 amide bonds. The van der Waals surface area contributed by atoms with E-state index in [1.165, 1.54) is 0 Å². The Hall–Kier alpha value is -1.35. The Labute approximate surface area is 177 Å². The Morgan fingerprint density at radius 3 is 2.71 bits per heavy atom. The van der Waals surface area contributed by atoms with Crippen molar-refractivity contribution in [2.24, 2.45) is 0 Å². The zero-order valence-corrected chi connectivity index (χ0v) is 13.2. The normalized spacial score (nSPS) is 34.5. The molecule has 0 N–H and O–H groups in total. The summed E-state index contributed by atoms with van der Waals surface area (Å²) >= 11 is 5.91. The number of likely N-dealkylation sites (tertiary alicyclic amines) is 1. The van der Waals surface area contributed by atoms with E-state index in [0.29, 0.717) is 4.90 Å². The van der Waals surface area contributed by atoms with Crippen molar-refractivity contribution in [1.82, 2.24) is 4.90 Å². The van der Waals surface area contributed by atoms with Crippen LogP contribution in [0.3, 0.4) is 0 Å². The number of rotatable bonds is 6. The SMILES string of the molecule is [2H]c1c([2H])c([2H])c([C@@](OC([2H])([2H])C([2H])([2H])[C@H]2CCCN2C([2H])([2H])[2H])(c2c([2H])c([2H])c(Cl)c([2H])c2[2H])C([2H])([2H])[2H])c([2H])c1[2H]. The largest absolute Gasteiger partial charge is 0.366 e. The van der Waals surface area contributed by atoms with Crippen LogP contribution in [0, 0.1) is 0 Å². The lowest BCUT2D eigenvalue weighted by Crippen LogP contribution is -2.31. The predicted molar refractivity (Wildman–Crippen MR) is 101 cm³/mol. The van der Waals surface area contributed by atoms with Gasteiger partial charge in [0.25, 0.3) is 0 Å². The van der Waals surface area contributed by atoms with Crippen LogP contribution in [-0.4, -0.2) is 31.0 Å². The molecule has 1 heterocycles. The van der Waals surface area contributed by atoms with Gasteiger partial charge in [-0.1, -0.05) is 53.9 Å². The van der Waals surface area contributed by atoms with Crippen LogP contribution >= 0.6 is 11.6 Å². The average molecular weight is 363 g/mol. The lowest BCUT2D eigenvalue weighted by Gasteiger charge is -2.32. The topological polar surface area (TPSA) is 12.5 Å². The van der Waals surface area contributed by atoms with Crippen LogP contribution in [0.25, 0.3) is 0 Å². The Morgan fingerprint density at radius 1 is 1.25 bits per heavy atom. The molecule has 0 aliphatic carbocycles. The quantitative estimate of drug-likeness (QED) is 0.708. The van der Waals surface area contributed by atoms with E-state index in [2.05, 4.69) is 0 Å². The highest BCUT2D eigenvalue weighted by molar-refractivity contribution is 6.30. The van der Waals surface area contributed by atoms with Crippen molar-refractivity contribution in [2.75, 3.05) is 20.1 Å². The van der Waals surface area contributed by atoms with Crippen LogP contribution in [0.1, 0.15) is 63.2 Å². The molecule has 0 aromatic heterocycles. The maximum Gasteiger partial charge on any atom is 0.115 e. The molecule has 0 bridgehead atoms. The van der Waals surface area contributed by atoms with Crippen LogP contribution in [0.2, 0.25) is 5.02 Å². The number of ether oxygens (including phenoxy) is 1. The molecule has 0 unspecified atom stereocenters. The lowest BCUT2D eigenvalue weighted by molar-refractivity contribution is -0.0117. The number of hydrogen-bond acceptors (Lipinski definition) is 2. The molecule has 3 heteroatoms. The van der Waals surface area contributed by atoms with Gasteiger partial charge in [0.1, 0.15) is 5.60 Å². The van der Waals surface area contributed by atoms with E-state index >= 15 is 0 Å². The molecule has 3 rings (SSSR count). The zero-order chi connectivity index (χ0) is 33.4. The summed E-state index contributed by atoms with van der Waals surface area (Å²) in [5.74, 6) is 0. The molecule has 128 valence electrons. The number of benzene rings is 2. The average Bonchev–Trinajstić information content (AvgIpc) is 3.39. The fourth-order valence-corrected chi connectivity index (χ4v) is 2.31. The van der Waals surface area contributed by atoms with Crippen LogP contribution in [0.5, 0.6) is 0 Å². The highest BCUT2D eigenvalue weighted by atomic mass is 35.5. The van der Waals surface area contributed by atoms with Gasteiger partial charge >= 0.3 is 0 Å². The monoisotopic (exact) mass is 362 g/mol. The van der Waals surface area contributed by atoms with Crippen LogP contribution in [0.4, 0.5) is 0 Å². The second-order valence-electron chi connectivity index (χ2n) is 5.07. The Bertz CT molecular complexity index is 1310. The molecule has 2 atom stereocenters. The fraction of sp³-hybridized carbons (Fsp3) is 0.429. The van der Waals surface area contributed by atoms with Crippen molar-refractivity contribution in [3.05, 3.63) is 70.5 Å². The molecule has 0 saturated carbocycles. The van der Waals surface area contributed by atoms with Crippen LogP contribution < -0.4 is 0 Å². The van der Waals surface area contributed by atoms with E-state index in [4.69, 9.17) is 42.4 Å². The molecule has 2 aromatic rings. The Morgan fingerprint density at radius 2 is 2.00 bits per heavy atom. The Balaban J connectivity index is 2.57. The maximum absolute atomic E-state index is 8.72. The maximum atomic E-state index is 8.72. The summed E-state index contributed by atoms with van der Waals surface area (Å²) in [5.41, 5.74) is -6.42. The molecule has 1 saturated heterocycles. The predicted octanol–water partition coefficient (Wildman–Crippen LogP) is 5.10. The highest BCUT2D eigenvalue weighted by Gasteiger charge is 2.30. The summed E-state index contributed by atoms with van der Waals surface area (Å²) in [4.78, 5) is 0.688. The molecule has 2 aromatic carbocycles. The van der Waals surface area contributed by atoms with Gasteiger partial charge in [-0.25, -0.2) is 0 Å². The molecule has 0 spiro atoms. The first-order valence-electron chi connectivity index (χ1n) is 16.6. The van der Waals surface area contributed by atoms with Crippen molar-refractivity contribution < 1.29 is 30.8 Å². The number of hydrogen-bond donors (Lipinski definition) is 0. The summed E-state index contributed by atoms with van der Waals surface area (Å²) in [5, 5.41) is -0.781. The molecular weight excluding hydrogens is 318 g/mol. The van der Waals surface area contributed by atoms with Crippen molar-refractivity contribution in [3.63, 3.8) is 0 Å². The first-order valence-corrected chi connectivity index (χ1v) is 7.47. The van der Waals surface area contributed by atoms with Gasteiger partial charge in [0.05, 0.1) is 15.1 Å². The molecule has 1 fully saturated rings. The Kier molecular flexibility index (Phi) is 1.79. The van der Waals surface area contributed by atoms with Gasteiger partial charge in [-0.3, -0.25) is 0 Å². The van der Waals surface area contributed by atoms with E-state index in [1.54, 1.807) is 0 Å². The van der Waals surface area contributed by atoms with Crippen molar-refractivity contribution in [3.8, 4) is 0 Å². The molecule has 24 heavy (non-hydrogen) atoms. The van der Waals surface area contributed by atoms with Gasteiger partial charge < -0.3 is 9.64 Å². The first-order chi connectivity index (χ1) is 19.3. The summed E-state index contributed by atoms with van der Waals surface area (Å²) in [6, 6.07) is -12.0. The first kappa shape index (κ1) is 5.57. The molecule has 1 aliphatic heterocycles. The second kappa shape index (κ2) is 7.69. The standard InChI is InChI=1S/C21H26ClNO/c1-21(17-7-4-3-5-8-17,18-10-12-19(22)13-11-18)24-16-14-20-9-6-15-23(20)2/h3-5,7-8,10-13,20H,6,9,14-16H2,1-2H3/t20-,21-/m1/s1/i1D3,2D3,3D,4D,5D,7D,8D,10D,11D,12D,13D,14D2,16D2. The summed E-state index contributed by atoms with van der Waals surface area (Å²) in [6.45, 7) is -10.9. The van der Waals surface area contributed by atoms with Gasteiger partial charge in [-0.2, -0.15) is 0 Å². The third kappa shape index (κ3) is 3.83. The van der Waals surface area contributed by atoms with Gasteiger partial charge in [-0.15, -0.1) is 0 Å². The van der Waals surface area contributed by atoms with Gasteiger partial charge in [0, 0.05) is 28.6 Å². The minimum absolute atomic E-state index is 0.113. The smallest absolute Gasteiger partial charge is 0.115 e. The molecule has 1 aliphatic rings. The van der Waals surface area contributed by atoms with Gasteiger partial charge in [0.2, 0.25) is 0 Å². The molecular formula is C21H26ClNO. The van der Waals surface area contributed by atoms with Crippen LogP contribution in [-0.2, 0) is 10.3 Å². The number of nitrogens with zero attached hydrogens (tertiary/aromatic N) is 1. The summed E-state index contributed by atoms with van der Waals surface area (Å²) in [6.07, 6.45) is -3.49. The summed E-state index contributed by atoms with van der Waals surface area (Å²) in [7, 11) is 0. The van der Waals surface area contributed by atoms with Crippen LogP contribution in [0.15, 0.2) is 54.4 Å². The van der Waals surface area contributed by atoms with Gasteiger partial charge in [0.15, 0.2) is 0 Å². The summed E-state index contributed by atoms with van der Waals surface area (Å²) < 4.78 is 164. The van der Waals surface area contributed by atoms with E-state index in [0.717, 1.165) is 0 Å². The fourth-order valence-electron chi connectivity index (χ4n) is 2.22.